The summed E-state index contributed by atoms with van der Waals surface area (Å²) in [6.07, 6.45) is 1.17. The molecule has 2 atom stereocenters. The van der Waals surface area contributed by atoms with Crippen molar-refractivity contribution in [2.24, 2.45) is 5.92 Å². The fourth-order valence-corrected chi connectivity index (χ4v) is 1.89. The van der Waals surface area contributed by atoms with Crippen LogP contribution in [0, 0.1) is 5.92 Å². The highest BCUT2D eigenvalue weighted by Crippen LogP contribution is 2.11. The Morgan fingerprint density at radius 3 is 2.32 bits per heavy atom. The van der Waals surface area contributed by atoms with Gasteiger partial charge in [-0.15, -0.1) is 0 Å². The quantitative estimate of drug-likeness (QED) is 0.825. The zero-order chi connectivity index (χ0) is 14.4. The monoisotopic (exact) mass is 263 g/mol. The van der Waals surface area contributed by atoms with Gasteiger partial charge in [0.15, 0.2) is 0 Å². The molecule has 0 aliphatic heterocycles. The molecule has 0 bridgehead atoms. The van der Waals surface area contributed by atoms with Crippen molar-refractivity contribution in [2.45, 2.75) is 39.7 Å². The number of nitrogens with one attached hydrogen (secondary N) is 1. The van der Waals surface area contributed by atoms with E-state index < -0.39 is 11.9 Å². The normalized spacial score (nSPS) is 13.6. The van der Waals surface area contributed by atoms with Crippen LogP contribution < -0.4 is 5.32 Å². The van der Waals surface area contributed by atoms with Gasteiger partial charge in [0, 0.05) is 6.04 Å². The summed E-state index contributed by atoms with van der Waals surface area (Å²) in [5, 5.41) is 11.6. The first-order valence-corrected chi connectivity index (χ1v) is 6.54. The van der Waals surface area contributed by atoms with Gasteiger partial charge in [-0.25, -0.2) is 0 Å². The Hall–Kier alpha value is -1.84. The number of carbonyl (C=O) groups is 2. The molecule has 1 aromatic rings. The van der Waals surface area contributed by atoms with E-state index in [4.69, 9.17) is 5.11 Å². The Kier molecular flexibility index (Phi) is 5.55. The maximum absolute atomic E-state index is 11.9. The number of aryl methyl sites for hydroxylation is 1. The second-order valence-corrected chi connectivity index (χ2v) is 4.78. The van der Waals surface area contributed by atoms with Crippen LogP contribution in [0.5, 0.6) is 0 Å². The van der Waals surface area contributed by atoms with Gasteiger partial charge in [-0.3, -0.25) is 9.59 Å². The van der Waals surface area contributed by atoms with Gasteiger partial charge in [0.25, 0.3) is 0 Å². The number of carbonyl (C=O) groups excluding carboxylic acids is 1. The topological polar surface area (TPSA) is 66.4 Å². The number of amides is 1. The number of carboxylic acids is 1. The number of hydrogen-bond donors (Lipinski definition) is 2. The molecule has 0 aliphatic rings. The van der Waals surface area contributed by atoms with Gasteiger partial charge in [-0.05, 0) is 31.4 Å². The molecular weight excluding hydrogens is 242 g/mol. The van der Waals surface area contributed by atoms with Crippen LogP contribution in [0.4, 0.5) is 0 Å². The molecule has 4 heteroatoms. The molecule has 0 spiro atoms. The number of aliphatic carboxylic acids is 1. The summed E-state index contributed by atoms with van der Waals surface area (Å²) in [4.78, 5) is 22.7. The van der Waals surface area contributed by atoms with E-state index in [1.54, 1.807) is 13.8 Å². The minimum atomic E-state index is -0.901. The fraction of sp³-hybridized carbons (Fsp3) is 0.467. The second-order valence-electron chi connectivity index (χ2n) is 4.78. The molecule has 2 N–H and O–H groups in total. The van der Waals surface area contributed by atoms with Crippen LogP contribution in [0.25, 0.3) is 0 Å². The van der Waals surface area contributed by atoms with Gasteiger partial charge in [0.2, 0.25) is 5.91 Å². The van der Waals surface area contributed by atoms with Crippen LogP contribution in [0.15, 0.2) is 24.3 Å². The lowest BCUT2D eigenvalue weighted by molar-refractivity contribution is -0.142. The number of carboxylic acid groups (broad SMARTS) is 1. The molecule has 0 saturated carbocycles. The van der Waals surface area contributed by atoms with Gasteiger partial charge in [0.05, 0.1) is 12.3 Å². The molecule has 0 radical (unpaired) electrons. The van der Waals surface area contributed by atoms with E-state index >= 15 is 0 Å². The van der Waals surface area contributed by atoms with Crippen molar-refractivity contribution >= 4 is 11.9 Å². The van der Waals surface area contributed by atoms with Crippen LogP contribution in [-0.4, -0.2) is 23.0 Å². The fourth-order valence-electron chi connectivity index (χ4n) is 1.89. The molecule has 0 aromatic heterocycles. The molecule has 1 rings (SSSR count). The van der Waals surface area contributed by atoms with Crippen molar-refractivity contribution in [3.8, 4) is 0 Å². The molecule has 104 valence electrons. The number of rotatable bonds is 6. The summed E-state index contributed by atoms with van der Waals surface area (Å²) in [5.74, 6) is -1.63. The first-order valence-electron chi connectivity index (χ1n) is 6.54. The Balaban J connectivity index is 2.63. The van der Waals surface area contributed by atoms with Crippen molar-refractivity contribution in [3.05, 3.63) is 35.4 Å². The maximum Gasteiger partial charge on any atom is 0.308 e. The van der Waals surface area contributed by atoms with Crippen molar-refractivity contribution < 1.29 is 14.7 Å². The molecule has 19 heavy (non-hydrogen) atoms. The Morgan fingerprint density at radius 1 is 1.21 bits per heavy atom. The van der Waals surface area contributed by atoms with E-state index in [0.29, 0.717) is 6.42 Å². The smallest absolute Gasteiger partial charge is 0.308 e. The highest BCUT2D eigenvalue weighted by Gasteiger charge is 2.21. The first kappa shape index (κ1) is 15.2. The lowest BCUT2D eigenvalue weighted by atomic mass is 10.0. The summed E-state index contributed by atoms with van der Waals surface area (Å²) < 4.78 is 0. The predicted molar refractivity (Wildman–Crippen MR) is 73.9 cm³/mol. The molecule has 2 unspecified atom stereocenters. The maximum atomic E-state index is 11.9. The average Bonchev–Trinajstić information content (AvgIpc) is 2.38. The van der Waals surface area contributed by atoms with Crippen molar-refractivity contribution in [1.82, 2.24) is 5.32 Å². The molecule has 1 amide bonds. The zero-order valence-electron chi connectivity index (χ0n) is 11.6. The molecule has 0 fully saturated rings. The lowest BCUT2D eigenvalue weighted by Crippen LogP contribution is -2.40. The SMILES string of the molecule is CCc1ccccc1CC(=O)NC(C)C(C)C(=O)O. The van der Waals surface area contributed by atoms with E-state index in [9.17, 15) is 9.59 Å². The summed E-state index contributed by atoms with van der Waals surface area (Å²) in [7, 11) is 0. The minimum absolute atomic E-state index is 0.137. The molecule has 4 nitrogen and oxygen atoms in total. The third kappa shape index (κ3) is 4.39. The highest BCUT2D eigenvalue weighted by atomic mass is 16.4. The van der Waals surface area contributed by atoms with E-state index in [-0.39, 0.29) is 11.9 Å². The molecular formula is C15H21NO3. The Bertz CT molecular complexity index is 456. The minimum Gasteiger partial charge on any atom is -0.481 e. The second kappa shape index (κ2) is 6.92. The van der Waals surface area contributed by atoms with Crippen LogP contribution in [0.2, 0.25) is 0 Å². The average molecular weight is 263 g/mol. The van der Waals surface area contributed by atoms with E-state index in [0.717, 1.165) is 17.5 Å². The third-order valence-electron chi connectivity index (χ3n) is 3.38. The van der Waals surface area contributed by atoms with Crippen LogP contribution in [-0.2, 0) is 22.4 Å². The number of benzene rings is 1. The number of hydrogen-bond acceptors (Lipinski definition) is 2. The predicted octanol–water partition coefficient (Wildman–Crippen LogP) is 2.02. The zero-order valence-corrected chi connectivity index (χ0v) is 11.6. The van der Waals surface area contributed by atoms with Crippen LogP contribution >= 0.6 is 0 Å². The van der Waals surface area contributed by atoms with E-state index in [1.807, 2.05) is 31.2 Å². The molecule has 1 aromatic carbocycles. The first-order chi connectivity index (χ1) is 8.95. The largest absolute Gasteiger partial charge is 0.481 e. The van der Waals surface area contributed by atoms with E-state index in [1.165, 1.54) is 0 Å². The summed E-state index contributed by atoms with van der Waals surface area (Å²) in [6.45, 7) is 5.35. The van der Waals surface area contributed by atoms with E-state index in [2.05, 4.69) is 5.32 Å². The summed E-state index contributed by atoms with van der Waals surface area (Å²) >= 11 is 0. The lowest BCUT2D eigenvalue weighted by Gasteiger charge is -2.18. The molecule has 0 saturated heterocycles. The Labute approximate surface area is 113 Å². The third-order valence-corrected chi connectivity index (χ3v) is 3.38. The summed E-state index contributed by atoms with van der Waals surface area (Å²) in [6, 6.07) is 7.43. The van der Waals surface area contributed by atoms with Crippen molar-refractivity contribution in [1.29, 1.82) is 0 Å². The molecule has 0 heterocycles. The van der Waals surface area contributed by atoms with Gasteiger partial charge < -0.3 is 10.4 Å². The Morgan fingerprint density at radius 2 is 1.79 bits per heavy atom. The van der Waals surface area contributed by atoms with Gasteiger partial charge in [-0.1, -0.05) is 31.2 Å². The standard InChI is InChI=1S/C15H21NO3/c1-4-12-7-5-6-8-13(12)9-14(17)16-11(3)10(2)15(18)19/h5-8,10-11H,4,9H2,1-3H3,(H,16,17)(H,18,19). The highest BCUT2D eigenvalue weighted by molar-refractivity contribution is 5.80. The van der Waals surface area contributed by atoms with Gasteiger partial charge in [0.1, 0.15) is 0 Å². The van der Waals surface area contributed by atoms with Crippen LogP contribution in [0.3, 0.4) is 0 Å². The van der Waals surface area contributed by atoms with Gasteiger partial charge >= 0.3 is 5.97 Å². The van der Waals surface area contributed by atoms with Gasteiger partial charge in [-0.2, -0.15) is 0 Å². The van der Waals surface area contributed by atoms with Crippen molar-refractivity contribution in [2.75, 3.05) is 0 Å². The van der Waals surface area contributed by atoms with Crippen LogP contribution in [0.1, 0.15) is 31.9 Å². The summed E-state index contributed by atoms with van der Waals surface area (Å²) in [5.41, 5.74) is 2.15. The molecule has 0 aliphatic carbocycles. The van der Waals surface area contributed by atoms with Crippen molar-refractivity contribution in [3.63, 3.8) is 0 Å².